The van der Waals surface area contributed by atoms with E-state index in [1.807, 2.05) is 18.7 Å². The van der Waals surface area contributed by atoms with E-state index in [0.717, 1.165) is 63.5 Å². The summed E-state index contributed by atoms with van der Waals surface area (Å²) in [4.78, 5) is 32.6. The zero-order valence-electron chi connectivity index (χ0n) is 15.6. The molecule has 2 saturated heterocycles. The second kappa shape index (κ2) is 7.70. The number of hydrogen-bond donors (Lipinski definition) is 1. The Balaban J connectivity index is 1.80. The largest absolute Gasteiger partial charge is 0.379 e. The van der Waals surface area contributed by atoms with Crippen LogP contribution in [0.1, 0.15) is 58.3 Å². The molecule has 6 heteroatoms. The van der Waals surface area contributed by atoms with E-state index in [0.29, 0.717) is 11.3 Å². The van der Waals surface area contributed by atoms with E-state index in [4.69, 9.17) is 4.74 Å². The lowest BCUT2D eigenvalue weighted by molar-refractivity contribution is 0.0166. The fraction of sp³-hybridized carbons (Fsp3) is 0.684. The number of piperidine rings is 1. The maximum Gasteiger partial charge on any atom is 0.256 e. The average molecular weight is 347 g/mol. The van der Waals surface area contributed by atoms with Crippen molar-refractivity contribution in [2.75, 3.05) is 39.4 Å². The van der Waals surface area contributed by atoms with Crippen LogP contribution in [-0.4, -0.2) is 71.9 Å². The first-order valence-corrected chi connectivity index (χ1v) is 9.30. The summed E-state index contributed by atoms with van der Waals surface area (Å²) in [6.45, 7) is 10.4. The van der Waals surface area contributed by atoms with Gasteiger partial charge in [-0.2, -0.15) is 0 Å². The van der Waals surface area contributed by atoms with Crippen LogP contribution in [-0.2, 0) is 4.74 Å². The molecule has 25 heavy (non-hydrogen) atoms. The minimum Gasteiger partial charge on any atom is -0.379 e. The van der Waals surface area contributed by atoms with Crippen LogP contribution >= 0.6 is 0 Å². The summed E-state index contributed by atoms with van der Waals surface area (Å²) in [5.41, 5.74) is 2.82. The predicted octanol–water partition coefficient (Wildman–Crippen LogP) is 2.16. The van der Waals surface area contributed by atoms with Crippen LogP contribution in [0.5, 0.6) is 0 Å². The van der Waals surface area contributed by atoms with Gasteiger partial charge in [0, 0.05) is 44.8 Å². The first-order chi connectivity index (χ1) is 12.0. The number of nitrogens with zero attached hydrogens (tertiary/aromatic N) is 2. The Bertz CT molecular complexity index is 647. The number of carbonyl (C=O) groups is 2. The van der Waals surface area contributed by atoms with Crippen LogP contribution in [0.4, 0.5) is 0 Å². The molecule has 0 saturated carbocycles. The van der Waals surface area contributed by atoms with Crippen LogP contribution in [0.25, 0.3) is 0 Å². The topological polar surface area (TPSA) is 65.6 Å². The molecule has 0 aliphatic carbocycles. The zero-order valence-corrected chi connectivity index (χ0v) is 15.6. The van der Waals surface area contributed by atoms with Crippen molar-refractivity contribution in [3.63, 3.8) is 0 Å². The van der Waals surface area contributed by atoms with E-state index < -0.39 is 0 Å². The normalized spacial score (nSPS) is 22.2. The molecule has 1 aromatic rings. The fourth-order valence-electron chi connectivity index (χ4n) is 4.11. The molecule has 0 bridgehead atoms. The second-order valence-electron chi connectivity index (χ2n) is 7.24. The number of Topliss-reactive ketones (excluding diaryl/α,β-unsaturated/α-hetero) is 1. The Morgan fingerprint density at radius 1 is 1.16 bits per heavy atom. The lowest BCUT2D eigenvalue weighted by atomic mass is 9.98. The lowest BCUT2D eigenvalue weighted by Gasteiger charge is -2.39. The van der Waals surface area contributed by atoms with Crippen LogP contribution in [0.15, 0.2) is 0 Å². The van der Waals surface area contributed by atoms with Crippen LogP contribution in [0.3, 0.4) is 0 Å². The highest BCUT2D eigenvalue weighted by Crippen LogP contribution is 2.25. The maximum atomic E-state index is 13.3. The molecule has 0 spiro atoms. The fourth-order valence-corrected chi connectivity index (χ4v) is 4.11. The van der Waals surface area contributed by atoms with Crippen molar-refractivity contribution in [3.05, 3.63) is 22.5 Å². The molecule has 0 aromatic carbocycles. The van der Waals surface area contributed by atoms with Gasteiger partial charge in [-0.1, -0.05) is 0 Å². The maximum absolute atomic E-state index is 13.3. The molecule has 2 fully saturated rings. The molecule has 1 atom stereocenters. The summed E-state index contributed by atoms with van der Waals surface area (Å²) in [6, 6.07) is 0.244. The molecule has 0 unspecified atom stereocenters. The number of hydrogen-bond acceptors (Lipinski definition) is 4. The average Bonchev–Trinajstić information content (AvgIpc) is 2.90. The van der Waals surface area contributed by atoms with Crippen molar-refractivity contribution < 1.29 is 14.3 Å². The third-order valence-corrected chi connectivity index (χ3v) is 5.46. The number of amides is 1. The minimum absolute atomic E-state index is 0.0249. The highest BCUT2D eigenvalue weighted by molar-refractivity contribution is 6.02. The van der Waals surface area contributed by atoms with Gasteiger partial charge in [-0.05, 0) is 38.7 Å². The smallest absolute Gasteiger partial charge is 0.256 e. The monoisotopic (exact) mass is 347 g/mol. The molecule has 1 amide bonds. The molecule has 1 N–H and O–H groups in total. The number of ether oxygens (including phenoxy) is 1. The Morgan fingerprint density at radius 3 is 2.52 bits per heavy atom. The van der Waals surface area contributed by atoms with Gasteiger partial charge >= 0.3 is 0 Å². The number of rotatable bonds is 4. The summed E-state index contributed by atoms with van der Waals surface area (Å²) in [5, 5.41) is 0. The van der Waals surface area contributed by atoms with Crippen LogP contribution in [0.2, 0.25) is 0 Å². The third kappa shape index (κ3) is 3.80. The Morgan fingerprint density at radius 2 is 1.88 bits per heavy atom. The number of aromatic nitrogens is 1. The van der Waals surface area contributed by atoms with Crippen molar-refractivity contribution in [1.29, 1.82) is 0 Å². The Labute approximate surface area is 149 Å². The molecule has 2 aliphatic heterocycles. The van der Waals surface area contributed by atoms with Gasteiger partial charge in [0.15, 0.2) is 5.78 Å². The summed E-state index contributed by atoms with van der Waals surface area (Å²) in [5.74, 6) is 0.0415. The van der Waals surface area contributed by atoms with Crippen LogP contribution in [0, 0.1) is 13.8 Å². The SMILES string of the molecule is CC(=O)c1[nH]c(C)c(C(=O)N2CCCC[C@H]2CN2CCOCC2)c1C. The zero-order chi connectivity index (χ0) is 18.0. The van der Waals surface area contributed by atoms with Gasteiger partial charge in [0.25, 0.3) is 5.91 Å². The molecule has 2 aliphatic rings. The van der Waals surface area contributed by atoms with Crippen molar-refractivity contribution in [1.82, 2.24) is 14.8 Å². The number of H-pyrrole nitrogens is 1. The summed E-state index contributed by atoms with van der Waals surface area (Å²) < 4.78 is 5.43. The number of likely N-dealkylation sites (tertiary alicyclic amines) is 1. The van der Waals surface area contributed by atoms with Gasteiger partial charge in [-0.15, -0.1) is 0 Å². The van der Waals surface area contributed by atoms with Gasteiger partial charge in [0.2, 0.25) is 0 Å². The van der Waals surface area contributed by atoms with Crippen LogP contribution < -0.4 is 0 Å². The molecular formula is C19H29N3O3. The minimum atomic E-state index is -0.0249. The van der Waals surface area contributed by atoms with Gasteiger partial charge in [0.05, 0.1) is 24.5 Å². The molecule has 3 rings (SSSR count). The van der Waals surface area contributed by atoms with Gasteiger partial charge in [-0.25, -0.2) is 0 Å². The molecule has 1 aromatic heterocycles. The standard InChI is InChI=1S/C19H29N3O3/c1-13-17(14(2)20-18(13)15(3)23)19(24)22-7-5-4-6-16(22)12-21-8-10-25-11-9-21/h16,20H,4-12H2,1-3H3/t16-/m0/s1. The number of ketones is 1. The van der Waals surface area contributed by atoms with Gasteiger partial charge in [-0.3, -0.25) is 14.5 Å². The summed E-state index contributed by atoms with van der Waals surface area (Å²) in [7, 11) is 0. The highest BCUT2D eigenvalue weighted by atomic mass is 16.5. The number of aryl methyl sites for hydroxylation is 1. The van der Waals surface area contributed by atoms with E-state index in [2.05, 4.69) is 9.88 Å². The van der Waals surface area contributed by atoms with Crippen molar-refractivity contribution in [3.8, 4) is 0 Å². The van der Waals surface area contributed by atoms with Crippen molar-refractivity contribution in [2.24, 2.45) is 0 Å². The predicted molar refractivity (Wildman–Crippen MR) is 96.2 cm³/mol. The number of nitrogens with one attached hydrogen (secondary N) is 1. The van der Waals surface area contributed by atoms with E-state index in [-0.39, 0.29) is 17.7 Å². The lowest BCUT2D eigenvalue weighted by Crippen LogP contribution is -2.51. The quantitative estimate of drug-likeness (QED) is 0.848. The summed E-state index contributed by atoms with van der Waals surface area (Å²) in [6.07, 6.45) is 3.27. The first-order valence-electron chi connectivity index (χ1n) is 9.30. The molecular weight excluding hydrogens is 318 g/mol. The van der Waals surface area contributed by atoms with Crippen molar-refractivity contribution >= 4 is 11.7 Å². The molecule has 138 valence electrons. The third-order valence-electron chi connectivity index (χ3n) is 5.46. The van der Waals surface area contributed by atoms with E-state index in [1.54, 1.807) is 0 Å². The molecule has 0 radical (unpaired) electrons. The molecule has 3 heterocycles. The first kappa shape index (κ1) is 18.1. The summed E-state index contributed by atoms with van der Waals surface area (Å²) >= 11 is 0. The number of aromatic amines is 1. The number of carbonyl (C=O) groups excluding carboxylic acids is 2. The van der Waals surface area contributed by atoms with E-state index in [1.165, 1.54) is 13.3 Å². The van der Waals surface area contributed by atoms with E-state index >= 15 is 0 Å². The molecule has 6 nitrogen and oxygen atoms in total. The van der Waals surface area contributed by atoms with Gasteiger partial charge in [0.1, 0.15) is 0 Å². The highest BCUT2D eigenvalue weighted by Gasteiger charge is 2.32. The Kier molecular flexibility index (Phi) is 5.59. The number of morpholine rings is 1. The van der Waals surface area contributed by atoms with Crippen molar-refractivity contribution in [2.45, 2.75) is 46.1 Å². The second-order valence-corrected chi connectivity index (χ2v) is 7.24. The van der Waals surface area contributed by atoms with Gasteiger partial charge < -0.3 is 14.6 Å². The van der Waals surface area contributed by atoms with E-state index in [9.17, 15) is 9.59 Å². The Hall–Kier alpha value is -1.66.